The molecule has 10 heteroatoms. The molecule has 0 radical (unpaired) electrons. The number of hydrogen-bond donors (Lipinski definition) is 5. The fraction of sp³-hybridized carbons (Fsp3) is 0.314. The van der Waals surface area contributed by atoms with Crippen LogP contribution in [0.15, 0.2) is 85.1 Å². The fourth-order valence-corrected chi connectivity index (χ4v) is 6.35. The predicted molar refractivity (Wildman–Crippen MR) is 171 cm³/mol. The molecule has 4 amide bonds. The molecule has 1 aromatic heterocycles. The summed E-state index contributed by atoms with van der Waals surface area (Å²) in [5.41, 5.74) is 10.2. The molecule has 2 aliphatic rings. The summed E-state index contributed by atoms with van der Waals surface area (Å²) in [4.78, 5) is 60.6. The standard InChI is InChI=1S/C35H38N6O4/c36-20-24-14-12-23(13-15-24)18-30-35(45)41-16-6-11-31(41)34(44)39-28(17-22-7-2-1-3-8-22)32(42)38-29(33(43)40-30)19-25-21-37-27-10-5-4-9-26(25)27/h1-5,7-10,12-15,21,28-31,37H,6,11,16-20,36H2,(H,38,42)(H,39,44)(H,40,43)/t28-,29+,30-,31+/m0/s1. The number of aromatic amines is 1. The molecule has 3 heterocycles. The molecular formula is C35H38N6O4. The Morgan fingerprint density at radius 3 is 2.02 bits per heavy atom. The third-order valence-corrected chi connectivity index (χ3v) is 8.80. The molecular weight excluding hydrogens is 568 g/mol. The summed E-state index contributed by atoms with van der Waals surface area (Å²) in [6.45, 7) is 0.786. The van der Waals surface area contributed by atoms with E-state index in [0.717, 1.165) is 33.2 Å². The second-order valence-corrected chi connectivity index (χ2v) is 11.9. The van der Waals surface area contributed by atoms with Gasteiger partial charge in [-0.25, -0.2) is 0 Å². The molecule has 2 saturated heterocycles. The van der Waals surface area contributed by atoms with Crippen molar-refractivity contribution in [2.75, 3.05) is 6.54 Å². The van der Waals surface area contributed by atoms with E-state index in [1.54, 1.807) is 4.90 Å². The molecule has 3 aromatic carbocycles. The molecule has 4 atom stereocenters. The Balaban J connectivity index is 1.35. The van der Waals surface area contributed by atoms with E-state index < -0.39 is 36.0 Å². The Labute approximate surface area is 261 Å². The van der Waals surface area contributed by atoms with Gasteiger partial charge in [-0.2, -0.15) is 0 Å². The van der Waals surface area contributed by atoms with Gasteiger partial charge in [0.25, 0.3) is 0 Å². The summed E-state index contributed by atoms with van der Waals surface area (Å²) < 4.78 is 0. The maximum Gasteiger partial charge on any atom is 0.246 e. The van der Waals surface area contributed by atoms with Crippen LogP contribution in [0.25, 0.3) is 10.9 Å². The monoisotopic (exact) mass is 606 g/mol. The fourth-order valence-electron chi connectivity index (χ4n) is 6.35. The number of carbonyl (C=O) groups excluding carboxylic acids is 4. The lowest BCUT2D eigenvalue weighted by molar-refractivity contribution is -0.143. The Kier molecular flexibility index (Phi) is 8.93. The van der Waals surface area contributed by atoms with Crippen molar-refractivity contribution < 1.29 is 19.2 Å². The number of nitrogens with one attached hydrogen (secondary N) is 4. The van der Waals surface area contributed by atoms with Crippen molar-refractivity contribution in [3.63, 3.8) is 0 Å². The maximum atomic E-state index is 14.1. The van der Waals surface area contributed by atoms with E-state index in [4.69, 9.17) is 5.73 Å². The van der Waals surface area contributed by atoms with Crippen LogP contribution in [-0.2, 0) is 45.0 Å². The van der Waals surface area contributed by atoms with E-state index in [1.807, 2.05) is 85.1 Å². The molecule has 10 nitrogen and oxygen atoms in total. The smallest absolute Gasteiger partial charge is 0.246 e. The van der Waals surface area contributed by atoms with E-state index in [9.17, 15) is 19.2 Å². The number of nitrogens with two attached hydrogens (primary N) is 1. The summed E-state index contributed by atoms with van der Waals surface area (Å²) in [5, 5.41) is 9.78. The molecule has 0 saturated carbocycles. The van der Waals surface area contributed by atoms with Gasteiger partial charge < -0.3 is 31.6 Å². The second kappa shape index (κ2) is 13.4. The summed E-state index contributed by atoms with van der Waals surface area (Å²) >= 11 is 0. The summed E-state index contributed by atoms with van der Waals surface area (Å²) in [6, 6.07) is 21.1. The van der Waals surface area contributed by atoms with Crippen LogP contribution in [0.4, 0.5) is 0 Å². The van der Waals surface area contributed by atoms with Crippen LogP contribution in [0.3, 0.4) is 0 Å². The van der Waals surface area contributed by atoms with E-state index >= 15 is 0 Å². The lowest BCUT2D eigenvalue weighted by atomic mass is 9.99. The minimum absolute atomic E-state index is 0.187. The van der Waals surface area contributed by atoms with Crippen LogP contribution in [-0.4, -0.2) is 64.2 Å². The van der Waals surface area contributed by atoms with Crippen LogP contribution >= 0.6 is 0 Å². The number of nitrogens with zero attached hydrogens (tertiary/aromatic N) is 1. The highest BCUT2D eigenvalue weighted by Gasteiger charge is 2.40. The average Bonchev–Trinajstić information content (AvgIpc) is 3.72. The first kappa shape index (κ1) is 30.1. The molecule has 6 N–H and O–H groups in total. The van der Waals surface area contributed by atoms with Gasteiger partial charge in [-0.1, -0.05) is 72.8 Å². The summed E-state index contributed by atoms with van der Waals surface area (Å²) in [7, 11) is 0. The van der Waals surface area contributed by atoms with Gasteiger partial charge >= 0.3 is 0 Å². The Bertz CT molecular complexity index is 1690. The second-order valence-electron chi connectivity index (χ2n) is 11.9. The van der Waals surface area contributed by atoms with E-state index in [2.05, 4.69) is 20.9 Å². The van der Waals surface area contributed by atoms with Gasteiger partial charge in [0.1, 0.15) is 24.2 Å². The van der Waals surface area contributed by atoms with Gasteiger partial charge in [-0.05, 0) is 41.2 Å². The lowest BCUT2D eigenvalue weighted by Gasteiger charge is -2.32. The molecule has 0 spiro atoms. The van der Waals surface area contributed by atoms with E-state index in [0.29, 0.717) is 25.9 Å². The van der Waals surface area contributed by atoms with Crippen molar-refractivity contribution in [1.29, 1.82) is 0 Å². The minimum Gasteiger partial charge on any atom is -0.361 e. The lowest BCUT2D eigenvalue weighted by Crippen LogP contribution is -2.62. The van der Waals surface area contributed by atoms with Crippen LogP contribution in [0, 0.1) is 0 Å². The van der Waals surface area contributed by atoms with Crippen molar-refractivity contribution in [1.82, 2.24) is 25.8 Å². The van der Waals surface area contributed by atoms with Crippen molar-refractivity contribution in [3.8, 4) is 0 Å². The highest BCUT2D eigenvalue weighted by Crippen LogP contribution is 2.23. The number of amides is 4. The molecule has 45 heavy (non-hydrogen) atoms. The zero-order valence-electron chi connectivity index (χ0n) is 25.0. The van der Waals surface area contributed by atoms with Crippen LogP contribution in [0.5, 0.6) is 0 Å². The number of carbonyl (C=O) groups is 4. The third-order valence-electron chi connectivity index (χ3n) is 8.80. The normalized spacial score (nSPS) is 22.6. The van der Waals surface area contributed by atoms with Gasteiger partial charge in [0.15, 0.2) is 0 Å². The van der Waals surface area contributed by atoms with Crippen molar-refractivity contribution in [2.24, 2.45) is 5.73 Å². The molecule has 2 fully saturated rings. The number of para-hydroxylation sites is 1. The largest absolute Gasteiger partial charge is 0.361 e. The van der Waals surface area contributed by atoms with E-state index in [-0.39, 0.29) is 31.1 Å². The zero-order chi connectivity index (χ0) is 31.3. The van der Waals surface area contributed by atoms with Gasteiger partial charge in [0.05, 0.1) is 0 Å². The quantitative estimate of drug-likeness (QED) is 0.219. The van der Waals surface area contributed by atoms with Gasteiger partial charge in [-0.3, -0.25) is 19.2 Å². The van der Waals surface area contributed by atoms with Crippen LogP contribution in [0.2, 0.25) is 0 Å². The van der Waals surface area contributed by atoms with Gasteiger partial charge in [0, 0.05) is 49.5 Å². The summed E-state index contributed by atoms with van der Waals surface area (Å²) in [5.74, 6) is -1.62. The number of H-pyrrole nitrogens is 1. The van der Waals surface area contributed by atoms with Gasteiger partial charge in [-0.15, -0.1) is 0 Å². The van der Waals surface area contributed by atoms with Crippen LogP contribution in [0.1, 0.15) is 35.1 Å². The molecule has 6 rings (SSSR count). The maximum absolute atomic E-state index is 14.1. The van der Waals surface area contributed by atoms with Gasteiger partial charge in [0.2, 0.25) is 23.6 Å². The molecule has 0 unspecified atom stereocenters. The molecule has 232 valence electrons. The minimum atomic E-state index is -1.00. The first-order chi connectivity index (χ1) is 21.9. The molecule has 0 aliphatic carbocycles. The predicted octanol–water partition coefficient (Wildman–Crippen LogP) is 2.11. The number of benzene rings is 3. The Morgan fingerprint density at radius 2 is 1.27 bits per heavy atom. The molecule has 2 aliphatic heterocycles. The zero-order valence-corrected chi connectivity index (χ0v) is 25.0. The van der Waals surface area contributed by atoms with Crippen LogP contribution < -0.4 is 21.7 Å². The number of aromatic nitrogens is 1. The number of rotatable bonds is 7. The van der Waals surface area contributed by atoms with Crippen molar-refractivity contribution in [2.45, 2.75) is 62.8 Å². The van der Waals surface area contributed by atoms with Crippen molar-refractivity contribution in [3.05, 3.63) is 107 Å². The highest BCUT2D eigenvalue weighted by molar-refractivity contribution is 5.98. The average molecular weight is 607 g/mol. The Morgan fingerprint density at radius 1 is 0.667 bits per heavy atom. The topological polar surface area (TPSA) is 149 Å². The summed E-state index contributed by atoms with van der Waals surface area (Å²) in [6.07, 6.45) is 3.61. The van der Waals surface area contributed by atoms with Crippen molar-refractivity contribution >= 4 is 34.5 Å². The number of fused-ring (bicyclic) bond motifs is 2. The SMILES string of the molecule is NCc1ccc(C[C@@H]2NC(=O)[C@@H](Cc3c[nH]c4ccccc34)NC(=O)[C@H](Cc3ccccc3)NC(=O)[C@H]3CCCN3C2=O)cc1. The first-order valence-corrected chi connectivity index (χ1v) is 15.5. The Hall–Kier alpha value is -4.96. The molecule has 4 aromatic rings. The van der Waals surface area contributed by atoms with E-state index in [1.165, 1.54) is 0 Å². The number of hydrogen-bond acceptors (Lipinski definition) is 5. The third kappa shape index (κ3) is 6.76. The molecule has 0 bridgehead atoms. The first-order valence-electron chi connectivity index (χ1n) is 15.5. The highest BCUT2D eigenvalue weighted by atomic mass is 16.2.